The van der Waals surface area contributed by atoms with Crippen LogP contribution in [-0.4, -0.2) is 37.9 Å². The van der Waals surface area contributed by atoms with Gasteiger partial charge in [-0.05, 0) is 57.8 Å². The average Bonchev–Trinajstić information content (AvgIpc) is 3.11. The zero-order valence-corrected chi connectivity index (χ0v) is 33.2. The van der Waals surface area contributed by atoms with Crippen molar-refractivity contribution < 1.29 is 23.8 Å². The Labute approximate surface area is 310 Å². The number of carbonyl (C=O) groups is 2. The summed E-state index contributed by atoms with van der Waals surface area (Å²) in [6, 6.07) is 0. The van der Waals surface area contributed by atoms with Crippen LogP contribution in [0.5, 0.6) is 0 Å². The number of hydrogen-bond donors (Lipinski definition) is 0. The quantitative estimate of drug-likeness (QED) is 0.0364. The van der Waals surface area contributed by atoms with Gasteiger partial charge in [-0.1, -0.05) is 179 Å². The standard InChI is InChI=1S/C45H80O5/c1-4-7-10-13-16-19-21-22-23-24-26-27-29-32-35-38-44(46)49-42-43(41-48-40-37-34-31-18-15-12-9-6-3)50-45(47)39-36-33-30-28-25-20-17-14-11-8-5-2/h7,10,16,19,22-23,26-27,43H,4-6,8-9,11-15,17-18,20-21,24-25,28-42H2,1-3H3/b10-7-,19-16-,23-22-,27-26-. The van der Waals surface area contributed by atoms with Gasteiger partial charge in [0.1, 0.15) is 6.61 Å². The molecule has 5 nitrogen and oxygen atoms in total. The molecule has 0 heterocycles. The minimum atomic E-state index is -0.544. The fraction of sp³-hybridized carbons (Fsp3) is 0.778. The van der Waals surface area contributed by atoms with Crippen LogP contribution in [-0.2, 0) is 23.8 Å². The molecule has 1 unspecified atom stereocenters. The number of allylic oxidation sites excluding steroid dienone is 8. The van der Waals surface area contributed by atoms with E-state index in [0.29, 0.717) is 19.4 Å². The first-order valence-electron chi connectivity index (χ1n) is 21.2. The Balaban J connectivity index is 4.27. The number of hydrogen-bond acceptors (Lipinski definition) is 5. The minimum absolute atomic E-state index is 0.0666. The molecule has 290 valence electrons. The van der Waals surface area contributed by atoms with E-state index in [4.69, 9.17) is 14.2 Å². The maximum Gasteiger partial charge on any atom is 0.306 e. The maximum atomic E-state index is 12.6. The van der Waals surface area contributed by atoms with Gasteiger partial charge in [-0.15, -0.1) is 0 Å². The lowest BCUT2D eigenvalue weighted by Gasteiger charge is -2.18. The van der Waals surface area contributed by atoms with Crippen molar-refractivity contribution in [2.24, 2.45) is 0 Å². The SMILES string of the molecule is CC/C=C\C/C=C\C/C=C\C/C=C\CCCCC(=O)OCC(COCCCCCCCCCC)OC(=O)CCCCCCCCCCCCC. The molecule has 0 bridgehead atoms. The summed E-state index contributed by atoms with van der Waals surface area (Å²) in [4.78, 5) is 25.1. The van der Waals surface area contributed by atoms with Crippen LogP contribution in [0.15, 0.2) is 48.6 Å². The molecule has 0 N–H and O–H groups in total. The molecule has 0 fully saturated rings. The van der Waals surface area contributed by atoms with Crippen LogP contribution in [0.1, 0.15) is 201 Å². The van der Waals surface area contributed by atoms with E-state index in [9.17, 15) is 9.59 Å². The first kappa shape index (κ1) is 47.9. The van der Waals surface area contributed by atoms with Crippen LogP contribution in [0.3, 0.4) is 0 Å². The summed E-state index contributed by atoms with van der Waals surface area (Å²) in [5.74, 6) is -0.444. The largest absolute Gasteiger partial charge is 0.462 e. The Bertz CT molecular complexity index is 842. The molecule has 0 amide bonds. The second kappa shape index (κ2) is 41.3. The van der Waals surface area contributed by atoms with Crippen LogP contribution in [0, 0.1) is 0 Å². The predicted molar refractivity (Wildman–Crippen MR) is 215 cm³/mol. The van der Waals surface area contributed by atoms with E-state index in [1.807, 2.05) is 0 Å². The zero-order chi connectivity index (χ0) is 36.4. The Morgan fingerprint density at radius 2 is 0.900 bits per heavy atom. The normalized spacial score (nSPS) is 12.6. The zero-order valence-electron chi connectivity index (χ0n) is 33.2. The molecule has 0 aliphatic rings. The number of ether oxygens (including phenoxy) is 3. The highest BCUT2D eigenvalue weighted by atomic mass is 16.6. The lowest BCUT2D eigenvalue weighted by molar-refractivity contribution is -0.163. The molecule has 0 saturated carbocycles. The van der Waals surface area contributed by atoms with Gasteiger partial charge in [-0.3, -0.25) is 9.59 Å². The Morgan fingerprint density at radius 1 is 0.460 bits per heavy atom. The fourth-order valence-corrected chi connectivity index (χ4v) is 5.73. The van der Waals surface area contributed by atoms with Crippen molar-refractivity contribution in [3.05, 3.63) is 48.6 Å². The van der Waals surface area contributed by atoms with E-state index in [-0.39, 0.29) is 25.2 Å². The van der Waals surface area contributed by atoms with Crippen molar-refractivity contribution in [1.82, 2.24) is 0 Å². The third kappa shape index (κ3) is 38.7. The van der Waals surface area contributed by atoms with Crippen molar-refractivity contribution >= 4 is 11.9 Å². The predicted octanol–water partition coefficient (Wildman–Crippen LogP) is 13.7. The maximum absolute atomic E-state index is 12.6. The third-order valence-corrected chi connectivity index (χ3v) is 8.88. The highest BCUT2D eigenvalue weighted by Gasteiger charge is 2.17. The van der Waals surface area contributed by atoms with Crippen LogP contribution >= 0.6 is 0 Å². The second-order valence-electron chi connectivity index (χ2n) is 13.9. The number of rotatable bonds is 38. The molecule has 50 heavy (non-hydrogen) atoms. The summed E-state index contributed by atoms with van der Waals surface area (Å²) >= 11 is 0. The molecule has 1 atom stereocenters. The Kier molecular flexibility index (Phi) is 39.5. The summed E-state index contributed by atoms with van der Waals surface area (Å²) in [5, 5.41) is 0. The molecule has 0 aromatic rings. The van der Waals surface area contributed by atoms with Gasteiger partial charge < -0.3 is 14.2 Å². The van der Waals surface area contributed by atoms with Gasteiger partial charge >= 0.3 is 11.9 Å². The smallest absolute Gasteiger partial charge is 0.306 e. The molecule has 0 aromatic heterocycles. The van der Waals surface area contributed by atoms with Crippen molar-refractivity contribution in [3.63, 3.8) is 0 Å². The van der Waals surface area contributed by atoms with Gasteiger partial charge in [0.15, 0.2) is 6.10 Å². The monoisotopic (exact) mass is 701 g/mol. The molecular weight excluding hydrogens is 620 g/mol. The fourth-order valence-electron chi connectivity index (χ4n) is 5.73. The highest BCUT2D eigenvalue weighted by molar-refractivity contribution is 5.70. The molecule has 0 aliphatic heterocycles. The average molecular weight is 701 g/mol. The summed E-state index contributed by atoms with van der Waals surface area (Å²) in [5.41, 5.74) is 0. The van der Waals surface area contributed by atoms with Crippen LogP contribution < -0.4 is 0 Å². The molecule has 0 radical (unpaired) electrons. The van der Waals surface area contributed by atoms with E-state index in [1.165, 1.54) is 96.3 Å². The van der Waals surface area contributed by atoms with E-state index < -0.39 is 6.10 Å². The van der Waals surface area contributed by atoms with Gasteiger partial charge in [0.2, 0.25) is 0 Å². The first-order valence-corrected chi connectivity index (χ1v) is 21.2. The van der Waals surface area contributed by atoms with Crippen LogP contribution in [0.4, 0.5) is 0 Å². The van der Waals surface area contributed by atoms with Crippen molar-refractivity contribution in [2.45, 2.75) is 207 Å². The van der Waals surface area contributed by atoms with E-state index in [1.54, 1.807) is 0 Å². The van der Waals surface area contributed by atoms with Gasteiger partial charge in [0, 0.05) is 19.4 Å². The van der Waals surface area contributed by atoms with Crippen LogP contribution in [0.25, 0.3) is 0 Å². The molecule has 0 aliphatic carbocycles. The van der Waals surface area contributed by atoms with Crippen molar-refractivity contribution in [1.29, 1.82) is 0 Å². The first-order chi connectivity index (χ1) is 24.6. The molecular formula is C45H80O5. The van der Waals surface area contributed by atoms with Gasteiger partial charge in [-0.2, -0.15) is 0 Å². The summed E-state index contributed by atoms with van der Waals surface area (Å²) in [7, 11) is 0. The van der Waals surface area contributed by atoms with Crippen molar-refractivity contribution in [3.8, 4) is 0 Å². The van der Waals surface area contributed by atoms with E-state index >= 15 is 0 Å². The van der Waals surface area contributed by atoms with E-state index in [0.717, 1.165) is 70.6 Å². The van der Waals surface area contributed by atoms with Crippen molar-refractivity contribution in [2.75, 3.05) is 19.8 Å². The highest BCUT2D eigenvalue weighted by Crippen LogP contribution is 2.13. The lowest BCUT2D eigenvalue weighted by atomic mass is 10.1. The van der Waals surface area contributed by atoms with Gasteiger partial charge in [0.05, 0.1) is 6.61 Å². The van der Waals surface area contributed by atoms with Crippen LogP contribution in [0.2, 0.25) is 0 Å². The molecule has 0 spiro atoms. The Hall–Kier alpha value is -2.14. The summed E-state index contributed by atoms with van der Waals surface area (Å²) < 4.78 is 17.2. The summed E-state index contributed by atoms with van der Waals surface area (Å²) in [6.45, 7) is 7.65. The Morgan fingerprint density at radius 3 is 1.44 bits per heavy atom. The molecule has 0 aromatic carbocycles. The topological polar surface area (TPSA) is 61.8 Å². The summed E-state index contributed by atoms with van der Waals surface area (Å²) in [6.07, 6.45) is 48.2. The minimum Gasteiger partial charge on any atom is -0.462 e. The number of esters is 2. The van der Waals surface area contributed by atoms with E-state index in [2.05, 4.69) is 69.4 Å². The van der Waals surface area contributed by atoms with Gasteiger partial charge in [0.25, 0.3) is 0 Å². The number of unbranched alkanes of at least 4 members (excludes halogenated alkanes) is 19. The second-order valence-corrected chi connectivity index (χ2v) is 13.9. The molecule has 5 heteroatoms. The number of carbonyl (C=O) groups excluding carboxylic acids is 2. The molecule has 0 rings (SSSR count). The third-order valence-electron chi connectivity index (χ3n) is 8.88. The molecule has 0 saturated heterocycles. The lowest BCUT2D eigenvalue weighted by Crippen LogP contribution is -2.30. The van der Waals surface area contributed by atoms with Gasteiger partial charge in [-0.25, -0.2) is 0 Å².